The summed E-state index contributed by atoms with van der Waals surface area (Å²) in [4.78, 5) is 28.6. The zero-order valence-electron chi connectivity index (χ0n) is 16.7. The van der Waals surface area contributed by atoms with Gasteiger partial charge in [-0.25, -0.2) is 4.68 Å². The van der Waals surface area contributed by atoms with Crippen molar-refractivity contribution in [1.29, 1.82) is 0 Å². The molecule has 152 valence electrons. The first-order chi connectivity index (χ1) is 14.4. The summed E-state index contributed by atoms with van der Waals surface area (Å²) in [5, 5.41) is 7.99. The molecule has 1 atom stereocenters. The number of anilines is 2. The number of carbonyl (C=O) groups excluding carboxylic acids is 2. The summed E-state index contributed by atoms with van der Waals surface area (Å²) in [5.41, 5.74) is 1.85. The van der Waals surface area contributed by atoms with Crippen molar-refractivity contribution >= 4 is 34.9 Å². The summed E-state index contributed by atoms with van der Waals surface area (Å²) in [5.74, 6) is 0.439. The van der Waals surface area contributed by atoms with Crippen molar-refractivity contribution in [1.82, 2.24) is 9.78 Å². The third-order valence-electron chi connectivity index (χ3n) is 5.79. The van der Waals surface area contributed by atoms with E-state index in [9.17, 15) is 9.59 Å². The molecule has 2 aromatic carbocycles. The molecule has 0 radical (unpaired) electrons. The summed E-state index contributed by atoms with van der Waals surface area (Å²) in [6.45, 7) is 4.64. The number of hydrogen-bond acceptors (Lipinski definition) is 3. The molecule has 30 heavy (non-hydrogen) atoms. The molecule has 2 aliphatic heterocycles. The van der Waals surface area contributed by atoms with Crippen LogP contribution in [-0.2, 0) is 15.0 Å². The van der Waals surface area contributed by atoms with E-state index in [0.717, 1.165) is 11.3 Å². The molecule has 2 aliphatic rings. The molecule has 7 heteroatoms. The number of fused-ring (bicyclic) bond motifs is 4. The lowest BCUT2D eigenvalue weighted by molar-refractivity contribution is -0.126. The fraction of sp³-hybridized carbons (Fsp3) is 0.261. The van der Waals surface area contributed by atoms with E-state index in [2.05, 4.69) is 24.3 Å². The van der Waals surface area contributed by atoms with E-state index >= 15 is 0 Å². The molecule has 6 nitrogen and oxygen atoms in total. The Hall–Kier alpha value is -3.12. The Labute approximate surface area is 179 Å². The van der Waals surface area contributed by atoms with E-state index in [-0.39, 0.29) is 24.2 Å². The van der Waals surface area contributed by atoms with Crippen LogP contribution in [0.4, 0.5) is 11.5 Å². The maximum absolute atomic E-state index is 13.9. The average molecular weight is 421 g/mol. The maximum atomic E-state index is 13.9. The molecule has 2 amide bonds. The molecule has 0 saturated carbocycles. The number of rotatable bonds is 3. The van der Waals surface area contributed by atoms with Crippen LogP contribution in [0, 0.1) is 5.92 Å². The second-order valence-corrected chi connectivity index (χ2v) is 8.64. The zero-order chi connectivity index (χ0) is 21.0. The number of nitrogens with zero attached hydrogens (tertiary/aromatic N) is 3. The van der Waals surface area contributed by atoms with Gasteiger partial charge >= 0.3 is 0 Å². The minimum Gasteiger partial charge on any atom is -0.310 e. The van der Waals surface area contributed by atoms with Crippen molar-refractivity contribution < 1.29 is 9.59 Å². The Morgan fingerprint density at radius 1 is 1.10 bits per heavy atom. The third-order valence-corrected chi connectivity index (χ3v) is 6.09. The van der Waals surface area contributed by atoms with Gasteiger partial charge in [0.25, 0.3) is 0 Å². The van der Waals surface area contributed by atoms with Crippen LogP contribution in [0.3, 0.4) is 0 Å². The summed E-state index contributed by atoms with van der Waals surface area (Å²) >= 11 is 6.56. The van der Waals surface area contributed by atoms with Gasteiger partial charge in [-0.05, 0) is 29.7 Å². The van der Waals surface area contributed by atoms with Gasteiger partial charge in [-0.15, -0.1) is 0 Å². The molecule has 1 aromatic heterocycles. The van der Waals surface area contributed by atoms with Crippen LogP contribution < -0.4 is 10.2 Å². The average Bonchev–Trinajstić information content (AvgIpc) is 3.24. The first-order valence-electron chi connectivity index (χ1n) is 9.98. The van der Waals surface area contributed by atoms with Gasteiger partial charge in [-0.2, -0.15) is 5.10 Å². The van der Waals surface area contributed by atoms with Crippen LogP contribution in [0.25, 0.3) is 5.69 Å². The number of benzene rings is 2. The second-order valence-electron chi connectivity index (χ2n) is 8.23. The molecular formula is C23H21ClN4O2. The number of para-hydroxylation sites is 2. The van der Waals surface area contributed by atoms with Crippen molar-refractivity contribution in [3.8, 4) is 5.69 Å². The van der Waals surface area contributed by atoms with Crippen LogP contribution >= 0.6 is 11.6 Å². The smallest absolute Gasteiger partial charge is 0.242 e. The van der Waals surface area contributed by atoms with Crippen molar-refractivity contribution in [3.05, 3.63) is 70.9 Å². The minimum atomic E-state index is -1.13. The predicted molar refractivity (Wildman–Crippen MR) is 116 cm³/mol. The van der Waals surface area contributed by atoms with Crippen LogP contribution in [-0.4, -0.2) is 28.1 Å². The quantitative estimate of drug-likeness (QED) is 0.691. The molecular weight excluding hydrogens is 400 g/mol. The molecule has 0 saturated heterocycles. The lowest BCUT2D eigenvalue weighted by Gasteiger charge is -2.32. The normalized spacial score (nSPS) is 19.9. The van der Waals surface area contributed by atoms with Crippen molar-refractivity contribution in [2.75, 3.05) is 16.8 Å². The highest BCUT2D eigenvalue weighted by atomic mass is 35.5. The second kappa shape index (κ2) is 6.71. The molecule has 0 unspecified atom stereocenters. The summed E-state index contributed by atoms with van der Waals surface area (Å²) in [7, 11) is 0. The fourth-order valence-corrected chi connectivity index (χ4v) is 4.89. The summed E-state index contributed by atoms with van der Waals surface area (Å²) in [6, 6.07) is 15.1. The van der Waals surface area contributed by atoms with Crippen LogP contribution in [0.1, 0.15) is 31.4 Å². The van der Waals surface area contributed by atoms with Crippen LogP contribution in [0.15, 0.2) is 54.7 Å². The van der Waals surface area contributed by atoms with E-state index in [1.54, 1.807) is 21.8 Å². The SMILES string of the molecule is CC(C)CN1C(=O)[C@]2(CC(=O)Nc3c2cnn3-c2ccccc2)c2cccc(Cl)c21. The minimum absolute atomic E-state index is 0.0290. The van der Waals surface area contributed by atoms with Gasteiger partial charge in [0, 0.05) is 18.5 Å². The summed E-state index contributed by atoms with van der Waals surface area (Å²) < 4.78 is 1.68. The highest BCUT2D eigenvalue weighted by molar-refractivity contribution is 6.35. The Bertz CT molecular complexity index is 1170. The van der Waals surface area contributed by atoms with Gasteiger partial charge in [0.2, 0.25) is 11.8 Å². The molecule has 3 heterocycles. The lowest BCUT2D eigenvalue weighted by atomic mass is 9.72. The van der Waals surface area contributed by atoms with Gasteiger partial charge in [0.1, 0.15) is 11.2 Å². The van der Waals surface area contributed by atoms with Gasteiger partial charge in [-0.1, -0.05) is 55.8 Å². The fourth-order valence-electron chi connectivity index (χ4n) is 4.61. The number of amides is 2. The maximum Gasteiger partial charge on any atom is 0.242 e. The van der Waals surface area contributed by atoms with E-state index in [4.69, 9.17) is 11.6 Å². The standard InChI is InChI=1S/C23H21ClN4O2/c1-14(2)13-27-20-16(9-6-10-18(20)24)23(22(27)30)11-19(29)26-21-17(23)12-25-28(21)15-7-4-3-5-8-15/h3-10,12,14H,11,13H2,1-2H3,(H,26,29)/t23-/m1/s1. The van der Waals surface area contributed by atoms with E-state index in [1.807, 2.05) is 42.5 Å². The Balaban J connectivity index is 1.77. The summed E-state index contributed by atoms with van der Waals surface area (Å²) in [6.07, 6.45) is 1.73. The third kappa shape index (κ3) is 2.53. The van der Waals surface area contributed by atoms with Crippen molar-refractivity contribution in [2.45, 2.75) is 25.7 Å². The first-order valence-corrected chi connectivity index (χ1v) is 10.4. The highest BCUT2D eigenvalue weighted by Gasteiger charge is 2.57. The number of hydrogen-bond donors (Lipinski definition) is 1. The molecule has 0 fully saturated rings. The molecule has 5 rings (SSSR count). The van der Waals surface area contributed by atoms with Crippen molar-refractivity contribution in [2.24, 2.45) is 5.92 Å². The lowest BCUT2D eigenvalue weighted by Crippen LogP contribution is -2.47. The Morgan fingerprint density at radius 2 is 1.87 bits per heavy atom. The zero-order valence-corrected chi connectivity index (χ0v) is 17.5. The monoisotopic (exact) mass is 420 g/mol. The molecule has 0 aliphatic carbocycles. The molecule has 1 spiro atoms. The van der Waals surface area contributed by atoms with E-state index < -0.39 is 5.41 Å². The highest BCUT2D eigenvalue weighted by Crippen LogP contribution is 2.54. The predicted octanol–water partition coefficient (Wildman–Crippen LogP) is 4.16. The molecule has 3 aromatic rings. The Morgan fingerprint density at radius 3 is 2.60 bits per heavy atom. The van der Waals surface area contributed by atoms with Crippen LogP contribution in [0.5, 0.6) is 0 Å². The van der Waals surface area contributed by atoms with Gasteiger partial charge in [-0.3, -0.25) is 9.59 Å². The topological polar surface area (TPSA) is 67.2 Å². The van der Waals surface area contributed by atoms with Gasteiger partial charge in [0.15, 0.2) is 0 Å². The number of aromatic nitrogens is 2. The largest absolute Gasteiger partial charge is 0.310 e. The Kier molecular flexibility index (Phi) is 4.22. The van der Waals surface area contributed by atoms with Crippen LogP contribution in [0.2, 0.25) is 5.02 Å². The van der Waals surface area contributed by atoms with Gasteiger partial charge < -0.3 is 10.2 Å². The number of nitrogens with one attached hydrogen (secondary N) is 1. The number of carbonyl (C=O) groups is 2. The molecule has 0 bridgehead atoms. The van der Waals surface area contributed by atoms with E-state index in [0.29, 0.717) is 28.6 Å². The number of halogens is 1. The van der Waals surface area contributed by atoms with Crippen molar-refractivity contribution in [3.63, 3.8) is 0 Å². The van der Waals surface area contributed by atoms with Gasteiger partial charge in [0.05, 0.1) is 22.6 Å². The first kappa shape index (κ1) is 18.9. The van der Waals surface area contributed by atoms with E-state index in [1.165, 1.54) is 0 Å². The molecule has 1 N–H and O–H groups in total.